The Morgan fingerprint density at radius 1 is 1.06 bits per heavy atom. The second-order valence-electron chi connectivity index (χ2n) is 8.00. The largest absolute Gasteiger partial charge is 0.399 e. The van der Waals surface area contributed by atoms with Crippen molar-refractivity contribution in [3.63, 3.8) is 0 Å². The summed E-state index contributed by atoms with van der Waals surface area (Å²) in [7, 11) is 0. The first-order valence-corrected chi connectivity index (χ1v) is 10.4. The second kappa shape index (κ2) is 9.20. The maximum absolute atomic E-state index is 13.4. The second-order valence-corrected chi connectivity index (χ2v) is 8.00. The van der Waals surface area contributed by atoms with Crippen molar-refractivity contribution in [1.29, 1.82) is 0 Å². The van der Waals surface area contributed by atoms with Gasteiger partial charge in [0.25, 0.3) is 0 Å². The lowest BCUT2D eigenvalue weighted by Gasteiger charge is -2.14. The van der Waals surface area contributed by atoms with Crippen LogP contribution in [0.4, 0.5) is 20.3 Å². The van der Waals surface area contributed by atoms with Crippen molar-refractivity contribution >= 4 is 17.4 Å². The van der Waals surface area contributed by atoms with Crippen LogP contribution in [0.5, 0.6) is 0 Å². The van der Waals surface area contributed by atoms with E-state index in [1.165, 1.54) is 18.9 Å². The molecule has 0 bridgehead atoms. The summed E-state index contributed by atoms with van der Waals surface area (Å²) < 4.78 is 26.6. The van der Waals surface area contributed by atoms with Gasteiger partial charge in [0, 0.05) is 11.3 Å². The van der Waals surface area contributed by atoms with Crippen LogP contribution in [0, 0.1) is 17.6 Å². The van der Waals surface area contributed by atoms with Gasteiger partial charge in [-0.15, -0.1) is 0 Å². The van der Waals surface area contributed by atoms with Gasteiger partial charge in [-0.25, -0.2) is 18.7 Å². The minimum Gasteiger partial charge on any atom is -0.399 e. The van der Waals surface area contributed by atoms with E-state index in [9.17, 15) is 13.6 Å². The summed E-state index contributed by atoms with van der Waals surface area (Å²) in [6.45, 7) is 0. The zero-order valence-corrected chi connectivity index (χ0v) is 17.1. The smallest absolute Gasteiger partial charge is 0.229 e. The SMILES string of the molecule is Nc1ccc(-c2cnc(NC(=O)Cc3ccc(F)c(F)c3)c(CC3CCCC3)n2)cc1. The highest BCUT2D eigenvalue weighted by Gasteiger charge is 2.20. The fraction of sp³-hybridized carbons (Fsp3) is 0.292. The fourth-order valence-electron chi connectivity index (χ4n) is 3.97. The number of anilines is 2. The van der Waals surface area contributed by atoms with Crippen molar-refractivity contribution in [2.45, 2.75) is 38.5 Å². The first kappa shape index (κ1) is 20.9. The molecule has 7 heteroatoms. The Balaban J connectivity index is 1.56. The van der Waals surface area contributed by atoms with Crippen molar-refractivity contribution in [2.75, 3.05) is 11.1 Å². The van der Waals surface area contributed by atoms with E-state index in [1.807, 2.05) is 24.3 Å². The van der Waals surface area contributed by atoms with Crippen molar-refractivity contribution in [3.8, 4) is 11.3 Å². The van der Waals surface area contributed by atoms with Gasteiger partial charge in [0.05, 0.1) is 24.0 Å². The maximum atomic E-state index is 13.4. The number of nitrogens with one attached hydrogen (secondary N) is 1. The number of halogens is 2. The fourth-order valence-corrected chi connectivity index (χ4v) is 3.97. The quantitative estimate of drug-likeness (QED) is 0.553. The van der Waals surface area contributed by atoms with Crippen molar-refractivity contribution in [3.05, 3.63) is 71.6 Å². The van der Waals surface area contributed by atoms with E-state index in [1.54, 1.807) is 6.20 Å². The molecule has 3 aromatic rings. The summed E-state index contributed by atoms with van der Waals surface area (Å²) in [5.74, 6) is -1.34. The molecule has 1 aliphatic rings. The number of rotatable bonds is 6. The molecule has 31 heavy (non-hydrogen) atoms. The molecule has 1 aromatic heterocycles. The van der Waals surface area contributed by atoms with Gasteiger partial charge in [0.1, 0.15) is 0 Å². The van der Waals surface area contributed by atoms with Crippen LogP contribution in [0.3, 0.4) is 0 Å². The lowest BCUT2D eigenvalue weighted by atomic mass is 10.0. The van der Waals surface area contributed by atoms with Gasteiger partial charge in [-0.1, -0.05) is 43.9 Å². The Bertz CT molecular complexity index is 1080. The highest BCUT2D eigenvalue weighted by atomic mass is 19.2. The van der Waals surface area contributed by atoms with Crippen molar-refractivity contribution < 1.29 is 13.6 Å². The standard InChI is InChI=1S/C24H24F2N4O/c25-19-10-5-16(11-20(19)26)13-23(31)30-24-21(12-15-3-1-2-4-15)29-22(14-28-24)17-6-8-18(27)9-7-17/h5-11,14-15H,1-4,12-13,27H2,(H,28,30,31). The molecular weight excluding hydrogens is 398 g/mol. The first-order valence-electron chi connectivity index (χ1n) is 10.4. The lowest BCUT2D eigenvalue weighted by Crippen LogP contribution is -2.18. The van der Waals surface area contributed by atoms with Crippen LogP contribution in [-0.2, 0) is 17.6 Å². The zero-order valence-electron chi connectivity index (χ0n) is 17.1. The van der Waals surface area contributed by atoms with E-state index in [4.69, 9.17) is 10.7 Å². The van der Waals surface area contributed by atoms with Gasteiger partial charge in [-0.3, -0.25) is 4.79 Å². The summed E-state index contributed by atoms with van der Waals surface area (Å²) in [5, 5.41) is 2.81. The van der Waals surface area contributed by atoms with E-state index in [-0.39, 0.29) is 12.3 Å². The number of nitrogen functional groups attached to an aromatic ring is 1. The van der Waals surface area contributed by atoms with Crippen molar-refractivity contribution in [2.24, 2.45) is 5.92 Å². The molecule has 0 spiro atoms. The topological polar surface area (TPSA) is 80.9 Å². The number of benzene rings is 2. The van der Waals surface area contributed by atoms with Crippen LogP contribution in [-0.4, -0.2) is 15.9 Å². The molecule has 0 aliphatic heterocycles. The molecule has 5 nitrogen and oxygen atoms in total. The number of nitrogens with zero attached hydrogens (tertiary/aromatic N) is 2. The monoisotopic (exact) mass is 422 g/mol. The Labute approximate surface area is 179 Å². The zero-order chi connectivity index (χ0) is 21.8. The first-order chi connectivity index (χ1) is 15.0. The third kappa shape index (κ3) is 5.23. The van der Waals surface area contributed by atoms with E-state index >= 15 is 0 Å². The molecule has 4 rings (SSSR count). The van der Waals surface area contributed by atoms with Crippen LogP contribution in [0.25, 0.3) is 11.3 Å². The molecular formula is C24H24F2N4O. The predicted molar refractivity (Wildman–Crippen MR) is 116 cm³/mol. The molecule has 0 unspecified atom stereocenters. The third-order valence-corrected chi connectivity index (χ3v) is 5.61. The summed E-state index contributed by atoms with van der Waals surface area (Å²) in [6.07, 6.45) is 6.95. The Morgan fingerprint density at radius 3 is 2.52 bits per heavy atom. The van der Waals surface area contributed by atoms with E-state index < -0.39 is 11.6 Å². The predicted octanol–water partition coefficient (Wildman–Crippen LogP) is 4.92. The molecule has 2 aromatic carbocycles. The number of aromatic nitrogens is 2. The Hall–Kier alpha value is -3.35. The van der Waals surface area contributed by atoms with E-state index in [0.717, 1.165) is 42.7 Å². The van der Waals surface area contributed by atoms with Crippen LogP contribution in [0.2, 0.25) is 0 Å². The molecule has 160 valence electrons. The average Bonchev–Trinajstić information content (AvgIpc) is 3.26. The van der Waals surface area contributed by atoms with Gasteiger partial charge in [-0.05, 0) is 42.2 Å². The highest BCUT2D eigenvalue weighted by Crippen LogP contribution is 2.30. The molecule has 1 aliphatic carbocycles. The van der Waals surface area contributed by atoms with Crippen LogP contribution in [0.15, 0.2) is 48.7 Å². The number of amides is 1. The number of carbonyl (C=O) groups is 1. The van der Waals surface area contributed by atoms with Gasteiger partial charge < -0.3 is 11.1 Å². The third-order valence-electron chi connectivity index (χ3n) is 5.61. The summed E-state index contributed by atoms with van der Waals surface area (Å²) >= 11 is 0. The maximum Gasteiger partial charge on any atom is 0.229 e. The molecule has 0 radical (unpaired) electrons. The van der Waals surface area contributed by atoms with Crippen molar-refractivity contribution in [1.82, 2.24) is 9.97 Å². The van der Waals surface area contributed by atoms with Gasteiger partial charge in [0.15, 0.2) is 17.5 Å². The molecule has 1 saturated carbocycles. The van der Waals surface area contributed by atoms with Crippen LogP contribution in [0.1, 0.15) is 36.9 Å². The minimum absolute atomic E-state index is 0.0819. The lowest BCUT2D eigenvalue weighted by molar-refractivity contribution is -0.115. The summed E-state index contributed by atoms with van der Waals surface area (Å²) in [5.41, 5.74) is 9.18. The number of carbonyl (C=O) groups excluding carboxylic acids is 1. The Kier molecular flexibility index (Phi) is 6.21. The molecule has 0 atom stereocenters. The molecule has 1 fully saturated rings. The van der Waals surface area contributed by atoms with E-state index in [2.05, 4.69) is 10.3 Å². The normalized spacial score (nSPS) is 14.0. The molecule has 1 heterocycles. The summed E-state index contributed by atoms with van der Waals surface area (Å²) in [6, 6.07) is 10.8. The van der Waals surface area contributed by atoms with Crippen LogP contribution >= 0.6 is 0 Å². The average molecular weight is 422 g/mol. The molecule has 0 saturated heterocycles. The van der Waals surface area contributed by atoms with Gasteiger partial charge in [-0.2, -0.15) is 0 Å². The number of hydrogen-bond donors (Lipinski definition) is 2. The van der Waals surface area contributed by atoms with Gasteiger partial charge >= 0.3 is 0 Å². The van der Waals surface area contributed by atoms with E-state index in [0.29, 0.717) is 28.7 Å². The van der Waals surface area contributed by atoms with Gasteiger partial charge in [0.2, 0.25) is 5.91 Å². The molecule has 3 N–H and O–H groups in total. The molecule has 1 amide bonds. The van der Waals surface area contributed by atoms with Crippen LogP contribution < -0.4 is 11.1 Å². The Morgan fingerprint density at radius 2 is 1.81 bits per heavy atom. The number of nitrogens with two attached hydrogens (primary N) is 1. The highest BCUT2D eigenvalue weighted by molar-refractivity contribution is 5.92. The summed E-state index contributed by atoms with van der Waals surface area (Å²) in [4.78, 5) is 21.8. The minimum atomic E-state index is -0.972. The number of hydrogen-bond acceptors (Lipinski definition) is 4.